The maximum atomic E-state index is 12.3. The SMILES string of the molecule is COc1ccc(C=CC(=O)NC(=S)Nc2sc3c(c2C(N)=O)CCC(C)C3)cc1OC. The van der Waals surface area contributed by atoms with Crippen LogP contribution in [0.3, 0.4) is 0 Å². The fraction of sp³-hybridized carbons (Fsp3) is 0.318. The van der Waals surface area contributed by atoms with Crippen LogP contribution in [0.2, 0.25) is 0 Å². The number of thiocarbonyl (C=S) groups is 1. The zero-order valence-electron chi connectivity index (χ0n) is 17.6. The molecule has 1 aliphatic carbocycles. The Morgan fingerprint density at radius 3 is 2.68 bits per heavy atom. The van der Waals surface area contributed by atoms with Gasteiger partial charge in [0.25, 0.3) is 5.91 Å². The van der Waals surface area contributed by atoms with Gasteiger partial charge in [-0.3, -0.25) is 14.9 Å². The molecule has 0 aliphatic heterocycles. The van der Waals surface area contributed by atoms with Crippen molar-refractivity contribution in [3.63, 3.8) is 0 Å². The first-order chi connectivity index (χ1) is 14.8. The highest BCUT2D eigenvalue weighted by atomic mass is 32.1. The number of fused-ring (bicyclic) bond motifs is 1. The lowest BCUT2D eigenvalue weighted by Gasteiger charge is -2.18. The number of carbonyl (C=O) groups is 2. The van der Waals surface area contributed by atoms with E-state index in [1.807, 2.05) is 0 Å². The molecular weight excluding hydrogens is 434 g/mol. The third-order valence-corrected chi connectivity index (χ3v) is 6.43. The van der Waals surface area contributed by atoms with Gasteiger partial charge in [-0.05, 0) is 66.7 Å². The highest BCUT2D eigenvalue weighted by molar-refractivity contribution is 7.80. The molecule has 0 bridgehead atoms. The predicted octanol–water partition coefficient (Wildman–Crippen LogP) is 3.52. The monoisotopic (exact) mass is 459 g/mol. The van der Waals surface area contributed by atoms with E-state index >= 15 is 0 Å². The first-order valence-corrected chi connectivity index (χ1v) is 11.0. The van der Waals surface area contributed by atoms with E-state index in [0.717, 1.165) is 35.3 Å². The van der Waals surface area contributed by atoms with Crippen molar-refractivity contribution in [1.29, 1.82) is 0 Å². The smallest absolute Gasteiger partial charge is 0.251 e. The average molecular weight is 460 g/mol. The van der Waals surface area contributed by atoms with Crippen LogP contribution in [0, 0.1) is 5.92 Å². The van der Waals surface area contributed by atoms with E-state index in [-0.39, 0.29) is 5.11 Å². The maximum absolute atomic E-state index is 12.3. The molecule has 9 heteroatoms. The molecule has 1 unspecified atom stereocenters. The summed E-state index contributed by atoms with van der Waals surface area (Å²) in [5, 5.41) is 6.26. The van der Waals surface area contributed by atoms with Crippen molar-refractivity contribution in [2.24, 2.45) is 11.7 Å². The van der Waals surface area contributed by atoms with Gasteiger partial charge < -0.3 is 20.5 Å². The fourth-order valence-corrected chi connectivity index (χ4v) is 5.20. The quantitative estimate of drug-likeness (QED) is 0.451. The molecular formula is C22H25N3O4S2. The second-order valence-electron chi connectivity index (χ2n) is 7.31. The molecule has 7 nitrogen and oxygen atoms in total. The van der Waals surface area contributed by atoms with Crippen LogP contribution in [-0.4, -0.2) is 31.1 Å². The largest absolute Gasteiger partial charge is 0.493 e. The molecule has 1 atom stereocenters. The Kier molecular flexibility index (Phi) is 7.29. The summed E-state index contributed by atoms with van der Waals surface area (Å²) in [6, 6.07) is 5.32. The van der Waals surface area contributed by atoms with Crippen molar-refractivity contribution >= 4 is 51.6 Å². The number of nitrogens with two attached hydrogens (primary N) is 1. The number of nitrogens with one attached hydrogen (secondary N) is 2. The molecule has 1 heterocycles. The van der Waals surface area contributed by atoms with Crippen LogP contribution in [0.15, 0.2) is 24.3 Å². The van der Waals surface area contributed by atoms with Crippen molar-refractivity contribution in [2.45, 2.75) is 26.2 Å². The summed E-state index contributed by atoms with van der Waals surface area (Å²) >= 11 is 6.74. The number of hydrogen-bond acceptors (Lipinski definition) is 6. The first kappa shape index (κ1) is 22.8. The van der Waals surface area contributed by atoms with E-state index < -0.39 is 11.8 Å². The minimum Gasteiger partial charge on any atom is -0.493 e. The molecule has 1 aromatic heterocycles. The van der Waals surface area contributed by atoms with Gasteiger partial charge in [-0.2, -0.15) is 0 Å². The van der Waals surface area contributed by atoms with Crippen LogP contribution in [0.5, 0.6) is 11.5 Å². The molecule has 164 valence electrons. The normalized spacial score (nSPS) is 15.3. The first-order valence-electron chi connectivity index (χ1n) is 9.78. The summed E-state index contributed by atoms with van der Waals surface area (Å²) in [5.74, 6) is 0.845. The molecule has 0 spiro atoms. The lowest BCUT2D eigenvalue weighted by atomic mass is 9.88. The second-order valence-corrected chi connectivity index (χ2v) is 8.82. The molecule has 4 N–H and O–H groups in total. The summed E-state index contributed by atoms with van der Waals surface area (Å²) in [5.41, 5.74) is 7.86. The number of methoxy groups -OCH3 is 2. The molecule has 1 aliphatic rings. The van der Waals surface area contributed by atoms with Gasteiger partial charge in [-0.15, -0.1) is 11.3 Å². The topological polar surface area (TPSA) is 103 Å². The number of benzene rings is 1. The van der Waals surface area contributed by atoms with E-state index in [4.69, 9.17) is 27.4 Å². The van der Waals surface area contributed by atoms with Gasteiger partial charge >= 0.3 is 0 Å². The van der Waals surface area contributed by atoms with Crippen LogP contribution >= 0.6 is 23.6 Å². The van der Waals surface area contributed by atoms with E-state index in [1.54, 1.807) is 38.5 Å². The second kappa shape index (κ2) is 9.93. The Labute approximate surface area is 190 Å². The third kappa shape index (κ3) is 5.42. The molecule has 0 radical (unpaired) electrons. The number of thiophene rings is 1. The minimum absolute atomic E-state index is 0.108. The summed E-state index contributed by atoms with van der Waals surface area (Å²) in [6.07, 6.45) is 5.76. The summed E-state index contributed by atoms with van der Waals surface area (Å²) in [7, 11) is 3.11. The average Bonchev–Trinajstić information content (AvgIpc) is 3.08. The molecule has 2 aromatic rings. The molecule has 0 fully saturated rings. The highest BCUT2D eigenvalue weighted by Gasteiger charge is 2.26. The Morgan fingerprint density at radius 2 is 2.00 bits per heavy atom. The Hall–Kier alpha value is -2.91. The molecule has 31 heavy (non-hydrogen) atoms. The predicted molar refractivity (Wildman–Crippen MR) is 127 cm³/mol. The maximum Gasteiger partial charge on any atom is 0.251 e. The molecule has 3 rings (SSSR count). The number of rotatable bonds is 6. The van der Waals surface area contributed by atoms with Crippen LogP contribution < -0.4 is 25.8 Å². The zero-order chi connectivity index (χ0) is 22.5. The van der Waals surface area contributed by atoms with E-state index in [2.05, 4.69) is 17.6 Å². The van der Waals surface area contributed by atoms with Gasteiger partial charge in [0.05, 0.1) is 19.8 Å². The Morgan fingerprint density at radius 1 is 1.26 bits per heavy atom. The standard InChI is InChI=1S/C22H25N3O4S2/c1-12-4-7-14-17(10-12)31-21(19(14)20(23)27)25-22(30)24-18(26)9-6-13-5-8-15(28-2)16(11-13)29-3/h5-6,8-9,11-12H,4,7,10H2,1-3H3,(H2,23,27)(H2,24,25,26,30). The van der Waals surface area contributed by atoms with E-state index in [9.17, 15) is 9.59 Å². The zero-order valence-corrected chi connectivity index (χ0v) is 19.2. The molecule has 0 saturated carbocycles. The fourth-order valence-electron chi connectivity index (χ4n) is 3.52. The molecule has 2 amide bonds. The van der Waals surface area contributed by atoms with Crippen LogP contribution in [0.4, 0.5) is 5.00 Å². The van der Waals surface area contributed by atoms with Crippen LogP contribution in [0.1, 0.15) is 39.7 Å². The van der Waals surface area contributed by atoms with Gasteiger partial charge in [-0.1, -0.05) is 13.0 Å². The van der Waals surface area contributed by atoms with Crippen LogP contribution in [0.25, 0.3) is 6.08 Å². The van der Waals surface area contributed by atoms with Crippen LogP contribution in [-0.2, 0) is 17.6 Å². The Balaban J connectivity index is 1.67. The number of carbonyl (C=O) groups excluding carboxylic acids is 2. The van der Waals surface area contributed by atoms with Gasteiger partial charge in [-0.25, -0.2) is 0 Å². The number of anilines is 1. The van der Waals surface area contributed by atoms with Gasteiger partial charge in [0.15, 0.2) is 16.6 Å². The number of amides is 2. The van der Waals surface area contributed by atoms with E-state index in [1.165, 1.54) is 17.4 Å². The van der Waals surface area contributed by atoms with Gasteiger partial charge in [0.2, 0.25) is 5.91 Å². The number of hydrogen-bond donors (Lipinski definition) is 3. The van der Waals surface area contributed by atoms with Gasteiger partial charge in [0, 0.05) is 11.0 Å². The van der Waals surface area contributed by atoms with E-state index in [0.29, 0.717) is 28.0 Å². The summed E-state index contributed by atoms with van der Waals surface area (Å²) < 4.78 is 10.5. The van der Waals surface area contributed by atoms with Crippen molar-refractivity contribution < 1.29 is 19.1 Å². The summed E-state index contributed by atoms with van der Waals surface area (Å²) in [6.45, 7) is 2.19. The number of ether oxygens (including phenoxy) is 2. The lowest BCUT2D eigenvalue weighted by molar-refractivity contribution is -0.115. The Bertz CT molecular complexity index is 1050. The van der Waals surface area contributed by atoms with Crippen molar-refractivity contribution in [2.75, 3.05) is 19.5 Å². The van der Waals surface area contributed by atoms with Crippen molar-refractivity contribution in [3.8, 4) is 11.5 Å². The highest BCUT2D eigenvalue weighted by Crippen LogP contribution is 2.39. The van der Waals surface area contributed by atoms with Crippen molar-refractivity contribution in [3.05, 3.63) is 45.8 Å². The molecule has 0 saturated heterocycles. The number of primary amides is 1. The molecule has 1 aromatic carbocycles. The minimum atomic E-state index is -0.489. The van der Waals surface area contributed by atoms with Gasteiger partial charge in [0.1, 0.15) is 5.00 Å². The third-order valence-electron chi connectivity index (χ3n) is 5.06. The summed E-state index contributed by atoms with van der Waals surface area (Å²) in [4.78, 5) is 25.5. The van der Waals surface area contributed by atoms with Crippen molar-refractivity contribution in [1.82, 2.24) is 5.32 Å². The lowest BCUT2D eigenvalue weighted by Crippen LogP contribution is -2.33.